The number of rotatable bonds is 1. The molecule has 9 nitrogen and oxygen atoms in total. The number of nitrogens with zero attached hydrogens (tertiary/aromatic N) is 2. The molecular weight excluding hydrogens is 407 g/mol. The molecule has 1 aliphatic carbocycles. The number of barbiturate groups is 1. The Morgan fingerprint density at radius 3 is 2.52 bits per heavy atom. The third kappa shape index (κ3) is 2.51. The molecule has 6 rings (SSSR count). The van der Waals surface area contributed by atoms with E-state index in [1.807, 2.05) is 13.0 Å². The van der Waals surface area contributed by atoms with Gasteiger partial charge in [0, 0.05) is 24.6 Å². The number of ether oxygens (including phenoxy) is 1. The second kappa shape index (κ2) is 6.17. The zero-order chi connectivity index (χ0) is 21.7. The van der Waals surface area contributed by atoms with E-state index < -0.39 is 41.2 Å². The fourth-order valence-corrected chi connectivity index (χ4v) is 5.70. The molecule has 0 unspecified atom stereocenters. The number of hydrogen-bond acceptors (Lipinski definition) is 7. The van der Waals surface area contributed by atoms with Gasteiger partial charge in [-0.1, -0.05) is 0 Å². The van der Waals surface area contributed by atoms with E-state index >= 15 is 4.39 Å². The number of imide groups is 2. The molecule has 0 aromatic heterocycles. The van der Waals surface area contributed by atoms with Gasteiger partial charge in [-0.25, -0.2) is 9.18 Å². The lowest BCUT2D eigenvalue weighted by molar-refractivity contribution is -0.153. The Labute approximate surface area is 177 Å². The molecule has 4 amide bonds. The fourth-order valence-electron chi connectivity index (χ4n) is 5.70. The second-order valence-electron chi connectivity index (χ2n) is 9.22. The van der Waals surface area contributed by atoms with E-state index in [2.05, 4.69) is 10.6 Å². The first-order valence-electron chi connectivity index (χ1n) is 10.7. The van der Waals surface area contributed by atoms with E-state index in [-0.39, 0.29) is 18.3 Å². The molecule has 10 heteroatoms. The minimum Gasteiger partial charge on any atom is -0.402 e. The van der Waals surface area contributed by atoms with Crippen molar-refractivity contribution in [1.29, 1.82) is 0 Å². The number of urea groups is 1. The first-order valence-corrected chi connectivity index (χ1v) is 10.7. The number of halogens is 1. The van der Waals surface area contributed by atoms with Gasteiger partial charge < -0.3 is 14.5 Å². The Hall–Kier alpha value is -2.72. The van der Waals surface area contributed by atoms with Crippen molar-refractivity contribution in [2.45, 2.75) is 63.9 Å². The third-order valence-corrected chi connectivity index (χ3v) is 7.05. The van der Waals surface area contributed by atoms with Crippen LogP contribution in [-0.2, 0) is 27.3 Å². The number of hydrogen-bond donors (Lipinski definition) is 2. The smallest absolute Gasteiger partial charge is 0.328 e. The van der Waals surface area contributed by atoms with Crippen LogP contribution < -0.4 is 20.4 Å². The minimum absolute atomic E-state index is 0.0237. The quantitative estimate of drug-likeness (QED) is 0.641. The molecule has 0 bridgehead atoms. The molecule has 1 saturated carbocycles. The number of carbonyl (C=O) groups excluding carboxylic acids is 3. The Bertz CT molecular complexity index is 1020. The highest BCUT2D eigenvalue weighted by atomic mass is 19.1. The van der Waals surface area contributed by atoms with Gasteiger partial charge in [-0.2, -0.15) is 0 Å². The van der Waals surface area contributed by atoms with Crippen LogP contribution in [0.1, 0.15) is 37.8 Å². The van der Waals surface area contributed by atoms with Crippen LogP contribution in [0.3, 0.4) is 0 Å². The van der Waals surface area contributed by atoms with Crippen molar-refractivity contribution in [3.8, 4) is 5.75 Å². The summed E-state index contributed by atoms with van der Waals surface area (Å²) < 4.78 is 21.8. The zero-order valence-corrected chi connectivity index (χ0v) is 17.2. The minimum atomic E-state index is -1.60. The average Bonchev–Trinajstić information content (AvgIpc) is 3.45. The normalized spacial score (nSPS) is 31.5. The fraction of sp³-hybridized carbons (Fsp3) is 0.571. The van der Waals surface area contributed by atoms with Crippen molar-refractivity contribution in [1.82, 2.24) is 15.7 Å². The number of hydroxylamine groups is 2. The van der Waals surface area contributed by atoms with Crippen LogP contribution in [0.4, 0.5) is 14.9 Å². The number of carbonyl (C=O) groups is 3. The summed E-state index contributed by atoms with van der Waals surface area (Å²) >= 11 is 0. The van der Waals surface area contributed by atoms with Crippen molar-refractivity contribution >= 4 is 23.5 Å². The van der Waals surface area contributed by atoms with Crippen LogP contribution in [0.15, 0.2) is 6.07 Å². The van der Waals surface area contributed by atoms with E-state index in [9.17, 15) is 14.4 Å². The van der Waals surface area contributed by atoms with Gasteiger partial charge in [0.05, 0.1) is 30.5 Å². The van der Waals surface area contributed by atoms with E-state index in [0.717, 1.165) is 12.8 Å². The van der Waals surface area contributed by atoms with Crippen LogP contribution in [0.2, 0.25) is 0 Å². The van der Waals surface area contributed by atoms with Crippen molar-refractivity contribution in [3.63, 3.8) is 0 Å². The van der Waals surface area contributed by atoms with Gasteiger partial charge in [0.25, 0.3) is 0 Å². The summed E-state index contributed by atoms with van der Waals surface area (Å²) in [5, 5.41) is 6.29. The van der Waals surface area contributed by atoms with Crippen LogP contribution in [-0.4, -0.2) is 53.7 Å². The number of benzene rings is 1. The summed E-state index contributed by atoms with van der Waals surface area (Å²) in [6.45, 7) is 4.41. The Kier molecular flexibility index (Phi) is 3.78. The summed E-state index contributed by atoms with van der Waals surface area (Å²) in [4.78, 5) is 45.7. The van der Waals surface area contributed by atoms with Crippen molar-refractivity contribution < 1.29 is 28.3 Å². The van der Waals surface area contributed by atoms with Crippen molar-refractivity contribution in [3.05, 3.63) is 23.0 Å². The summed E-state index contributed by atoms with van der Waals surface area (Å²) in [7, 11) is 0. The molecule has 164 valence electrons. The highest BCUT2D eigenvalue weighted by Gasteiger charge is 2.63. The predicted octanol–water partition coefficient (Wildman–Crippen LogP) is 0.988. The molecule has 1 aromatic carbocycles. The monoisotopic (exact) mass is 430 g/mol. The maximum Gasteiger partial charge on any atom is 0.328 e. The Morgan fingerprint density at radius 2 is 1.84 bits per heavy atom. The highest BCUT2D eigenvalue weighted by molar-refractivity contribution is 6.20. The lowest BCUT2D eigenvalue weighted by Gasteiger charge is -2.55. The molecule has 2 N–H and O–H groups in total. The third-order valence-electron chi connectivity index (χ3n) is 7.05. The first kappa shape index (κ1) is 19.0. The lowest BCUT2D eigenvalue weighted by atomic mass is 9.66. The molecule has 2 saturated heterocycles. The molecule has 31 heavy (non-hydrogen) atoms. The first-order chi connectivity index (χ1) is 14.8. The van der Waals surface area contributed by atoms with Gasteiger partial charge in [-0.15, -0.1) is 5.06 Å². The molecular formula is C21H23FN4O5. The summed E-state index contributed by atoms with van der Waals surface area (Å²) in [5.41, 5.74) is 0.0246. The topological polar surface area (TPSA) is 100 Å². The maximum atomic E-state index is 15.9. The molecule has 4 aliphatic heterocycles. The van der Waals surface area contributed by atoms with Crippen molar-refractivity contribution in [2.24, 2.45) is 5.41 Å². The van der Waals surface area contributed by atoms with E-state index in [1.54, 1.807) is 16.9 Å². The standard InChI is InChI=1S/C21H23FN4O5/c1-9-7-25-15-11(5-12-8-26(13-3-4-13)31-16(12)14(15)22)6-21(17(25)10(2)30-9)18(27)23-20(29)24-19(21)28/h5,9-10,13,17H,3-4,6-8H2,1-2H3,(H2,23,24,27,28,29)/t9-,10+,17-/m0/s1. The summed E-state index contributed by atoms with van der Waals surface area (Å²) in [6, 6.07) is 0.532. The van der Waals surface area contributed by atoms with Gasteiger partial charge in [0.1, 0.15) is 0 Å². The lowest BCUT2D eigenvalue weighted by Crippen LogP contribution is -2.75. The van der Waals surface area contributed by atoms with Crippen LogP contribution in [0.25, 0.3) is 0 Å². The Balaban J connectivity index is 1.52. The van der Waals surface area contributed by atoms with Gasteiger partial charge in [-0.05, 0) is 38.3 Å². The molecule has 3 fully saturated rings. The number of nitrogens with one attached hydrogen (secondary N) is 2. The van der Waals surface area contributed by atoms with Gasteiger partial charge in [0.15, 0.2) is 17.0 Å². The average molecular weight is 430 g/mol. The number of amides is 4. The van der Waals surface area contributed by atoms with Gasteiger partial charge in [-0.3, -0.25) is 20.2 Å². The molecule has 1 aromatic rings. The van der Waals surface area contributed by atoms with Crippen LogP contribution in [0, 0.1) is 11.2 Å². The zero-order valence-electron chi connectivity index (χ0n) is 17.2. The Morgan fingerprint density at radius 1 is 1.13 bits per heavy atom. The summed E-state index contributed by atoms with van der Waals surface area (Å²) in [6.07, 6.45) is 1.24. The molecule has 5 aliphatic rings. The highest BCUT2D eigenvalue weighted by Crippen LogP contribution is 2.51. The van der Waals surface area contributed by atoms with Gasteiger partial charge >= 0.3 is 6.03 Å². The predicted molar refractivity (Wildman–Crippen MR) is 105 cm³/mol. The van der Waals surface area contributed by atoms with E-state index in [4.69, 9.17) is 9.57 Å². The molecule has 3 atom stereocenters. The van der Waals surface area contributed by atoms with E-state index in [0.29, 0.717) is 35.9 Å². The van der Waals surface area contributed by atoms with Crippen LogP contribution in [0.5, 0.6) is 5.75 Å². The van der Waals surface area contributed by atoms with E-state index in [1.165, 1.54) is 0 Å². The number of anilines is 1. The molecule has 0 radical (unpaired) electrons. The van der Waals surface area contributed by atoms with Crippen molar-refractivity contribution in [2.75, 3.05) is 11.4 Å². The molecule has 1 spiro atoms. The number of morpholine rings is 1. The van der Waals surface area contributed by atoms with Gasteiger partial charge in [0.2, 0.25) is 11.8 Å². The largest absolute Gasteiger partial charge is 0.402 e. The second-order valence-corrected chi connectivity index (χ2v) is 9.22. The summed E-state index contributed by atoms with van der Waals surface area (Å²) in [5.74, 6) is -1.60. The molecule has 4 heterocycles. The van der Waals surface area contributed by atoms with Crippen LogP contribution >= 0.6 is 0 Å². The number of fused-ring (bicyclic) bond motifs is 5. The maximum absolute atomic E-state index is 15.9. The SMILES string of the molecule is C[C@H]1CN2c3c(cc4c(c3F)ON(C3CC3)C4)CC3(C(=O)NC(=O)NC3=O)[C@@H]2[C@@H](C)O1.